The van der Waals surface area contributed by atoms with E-state index in [0.29, 0.717) is 23.9 Å². The average molecular weight is 380 g/mol. The Morgan fingerprint density at radius 3 is 2.82 bits per heavy atom. The van der Waals surface area contributed by atoms with E-state index in [1.807, 2.05) is 51.1 Å². The van der Waals surface area contributed by atoms with Gasteiger partial charge < -0.3 is 14.8 Å². The zero-order valence-corrected chi connectivity index (χ0v) is 16.5. The molecule has 3 aromatic rings. The van der Waals surface area contributed by atoms with Crippen molar-refractivity contribution in [2.24, 2.45) is 0 Å². The first kappa shape index (κ1) is 19.4. The standard InChI is InChI=1S/C21H24N4O3/c1-14(2)28-21-16(6-5-10-22-21)13-23-20(26)17-9-11-25(24-17)18-12-15(3)7-8-19(18)27-4/h5-12,14H,13H2,1-4H3,(H,23,26). The topological polar surface area (TPSA) is 78.3 Å². The first-order valence-electron chi connectivity index (χ1n) is 9.07. The minimum Gasteiger partial charge on any atom is -0.494 e. The van der Waals surface area contributed by atoms with Crippen molar-refractivity contribution in [2.45, 2.75) is 33.4 Å². The number of carbonyl (C=O) groups is 1. The van der Waals surface area contributed by atoms with Crippen molar-refractivity contribution in [3.63, 3.8) is 0 Å². The molecule has 0 fully saturated rings. The van der Waals surface area contributed by atoms with Crippen molar-refractivity contribution in [3.8, 4) is 17.3 Å². The molecule has 7 nitrogen and oxygen atoms in total. The molecule has 2 aromatic heterocycles. The number of nitrogens with zero attached hydrogens (tertiary/aromatic N) is 3. The maximum atomic E-state index is 12.5. The molecule has 0 atom stereocenters. The zero-order chi connectivity index (χ0) is 20.1. The maximum absolute atomic E-state index is 12.5. The molecule has 0 spiro atoms. The van der Waals surface area contributed by atoms with Gasteiger partial charge in [0.1, 0.15) is 11.4 Å². The first-order valence-corrected chi connectivity index (χ1v) is 9.07. The second-order valence-corrected chi connectivity index (χ2v) is 6.64. The van der Waals surface area contributed by atoms with E-state index in [4.69, 9.17) is 9.47 Å². The van der Waals surface area contributed by atoms with Gasteiger partial charge in [0.05, 0.1) is 13.2 Å². The van der Waals surface area contributed by atoms with Crippen molar-refractivity contribution >= 4 is 5.91 Å². The summed E-state index contributed by atoms with van der Waals surface area (Å²) in [6.07, 6.45) is 3.41. The van der Waals surface area contributed by atoms with Crippen LogP contribution < -0.4 is 14.8 Å². The number of carbonyl (C=O) groups excluding carboxylic acids is 1. The fraction of sp³-hybridized carbons (Fsp3) is 0.286. The minimum absolute atomic E-state index is 0.00404. The molecular weight excluding hydrogens is 356 g/mol. The Kier molecular flexibility index (Phi) is 5.93. The van der Waals surface area contributed by atoms with Gasteiger partial charge in [0, 0.05) is 24.5 Å². The highest BCUT2D eigenvalue weighted by Crippen LogP contribution is 2.23. The highest BCUT2D eigenvalue weighted by molar-refractivity contribution is 5.92. The second-order valence-electron chi connectivity index (χ2n) is 6.64. The molecular formula is C21H24N4O3. The summed E-state index contributed by atoms with van der Waals surface area (Å²) in [6.45, 7) is 6.16. The molecule has 0 saturated heterocycles. The summed E-state index contributed by atoms with van der Waals surface area (Å²) >= 11 is 0. The molecule has 0 aliphatic carbocycles. The van der Waals surface area contributed by atoms with Crippen LogP contribution in [0.5, 0.6) is 11.6 Å². The van der Waals surface area contributed by atoms with Gasteiger partial charge in [-0.25, -0.2) is 9.67 Å². The molecule has 0 saturated carbocycles. The van der Waals surface area contributed by atoms with E-state index >= 15 is 0 Å². The van der Waals surface area contributed by atoms with Gasteiger partial charge in [0.15, 0.2) is 5.69 Å². The lowest BCUT2D eigenvalue weighted by atomic mass is 10.2. The summed E-state index contributed by atoms with van der Waals surface area (Å²) in [5, 5.41) is 7.26. The molecule has 1 amide bonds. The number of rotatable bonds is 7. The van der Waals surface area contributed by atoms with Crippen molar-refractivity contribution in [2.75, 3.05) is 7.11 Å². The Hall–Kier alpha value is -3.35. The Bertz CT molecular complexity index is 966. The molecule has 2 heterocycles. The third kappa shape index (κ3) is 4.49. The van der Waals surface area contributed by atoms with Crippen molar-refractivity contribution < 1.29 is 14.3 Å². The Morgan fingerprint density at radius 2 is 2.07 bits per heavy atom. The summed E-state index contributed by atoms with van der Waals surface area (Å²) in [4.78, 5) is 16.8. The van der Waals surface area contributed by atoms with Gasteiger partial charge in [-0.05, 0) is 50.6 Å². The van der Waals surface area contributed by atoms with Crippen molar-refractivity contribution in [1.82, 2.24) is 20.1 Å². The van der Waals surface area contributed by atoms with Crippen LogP contribution >= 0.6 is 0 Å². The molecule has 0 aliphatic rings. The number of hydrogen-bond donors (Lipinski definition) is 1. The van der Waals surface area contributed by atoms with Gasteiger partial charge >= 0.3 is 0 Å². The Labute approximate surface area is 164 Å². The number of pyridine rings is 1. The van der Waals surface area contributed by atoms with Crippen LogP contribution in [0.1, 0.15) is 35.5 Å². The predicted octanol–water partition coefficient (Wildman–Crippen LogP) is 3.30. The van der Waals surface area contributed by atoms with Crippen LogP contribution in [0.15, 0.2) is 48.8 Å². The normalized spacial score (nSPS) is 10.8. The molecule has 28 heavy (non-hydrogen) atoms. The van der Waals surface area contributed by atoms with Crippen LogP contribution in [-0.4, -0.2) is 33.9 Å². The van der Waals surface area contributed by atoms with Crippen LogP contribution in [-0.2, 0) is 6.54 Å². The van der Waals surface area contributed by atoms with Crippen LogP contribution in [0.3, 0.4) is 0 Å². The Balaban J connectivity index is 1.73. The average Bonchev–Trinajstić information content (AvgIpc) is 3.17. The van der Waals surface area contributed by atoms with Gasteiger partial charge in [-0.1, -0.05) is 12.1 Å². The van der Waals surface area contributed by atoms with E-state index in [0.717, 1.165) is 16.8 Å². The second kappa shape index (κ2) is 8.56. The quantitative estimate of drug-likeness (QED) is 0.680. The van der Waals surface area contributed by atoms with Crippen LogP contribution in [0.2, 0.25) is 0 Å². The van der Waals surface area contributed by atoms with Gasteiger partial charge in [-0.2, -0.15) is 5.10 Å². The summed E-state index contributed by atoms with van der Waals surface area (Å²) in [5.41, 5.74) is 2.98. The minimum atomic E-state index is -0.273. The largest absolute Gasteiger partial charge is 0.494 e. The number of methoxy groups -OCH3 is 1. The fourth-order valence-electron chi connectivity index (χ4n) is 2.71. The maximum Gasteiger partial charge on any atom is 0.272 e. The summed E-state index contributed by atoms with van der Waals surface area (Å²) in [6, 6.07) is 11.2. The van der Waals surface area contributed by atoms with E-state index < -0.39 is 0 Å². The van der Waals surface area contributed by atoms with Gasteiger partial charge in [0.25, 0.3) is 5.91 Å². The fourth-order valence-corrected chi connectivity index (χ4v) is 2.71. The van der Waals surface area contributed by atoms with Gasteiger partial charge in [-0.3, -0.25) is 4.79 Å². The molecule has 1 N–H and O–H groups in total. The SMILES string of the molecule is COc1ccc(C)cc1-n1ccc(C(=O)NCc2cccnc2OC(C)C)n1. The van der Waals surface area contributed by atoms with E-state index in [9.17, 15) is 4.79 Å². The lowest BCUT2D eigenvalue weighted by Crippen LogP contribution is -2.24. The third-order valence-corrected chi connectivity index (χ3v) is 4.04. The highest BCUT2D eigenvalue weighted by atomic mass is 16.5. The number of hydrogen-bond acceptors (Lipinski definition) is 5. The smallest absolute Gasteiger partial charge is 0.272 e. The summed E-state index contributed by atoms with van der Waals surface area (Å²) in [5.74, 6) is 0.934. The Morgan fingerprint density at radius 1 is 1.25 bits per heavy atom. The van der Waals surface area contributed by atoms with Gasteiger partial charge in [0.2, 0.25) is 5.88 Å². The van der Waals surface area contributed by atoms with E-state index in [-0.39, 0.29) is 12.0 Å². The molecule has 0 bridgehead atoms. The van der Waals surface area contributed by atoms with Crippen molar-refractivity contribution in [3.05, 3.63) is 65.6 Å². The molecule has 7 heteroatoms. The number of benzene rings is 1. The van der Waals surface area contributed by atoms with E-state index in [2.05, 4.69) is 15.4 Å². The molecule has 0 radical (unpaired) electrons. The van der Waals surface area contributed by atoms with Crippen LogP contribution in [0, 0.1) is 6.92 Å². The number of aryl methyl sites for hydroxylation is 1. The highest BCUT2D eigenvalue weighted by Gasteiger charge is 2.14. The van der Waals surface area contributed by atoms with E-state index in [1.54, 1.807) is 30.3 Å². The first-order chi connectivity index (χ1) is 13.5. The summed E-state index contributed by atoms with van der Waals surface area (Å²) < 4.78 is 12.7. The number of aromatic nitrogens is 3. The molecule has 0 unspecified atom stereocenters. The molecule has 1 aromatic carbocycles. The van der Waals surface area contributed by atoms with Gasteiger partial charge in [-0.15, -0.1) is 0 Å². The predicted molar refractivity (Wildman–Crippen MR) is 106 cm³/mol. The zero-order valence-electron chi connectivity index (χ0n) is 16.5. The molecule has 3 rings (SSSR count). The lowest BCUT2D eigenvalue weighted by Gasteiger charge is -2.13. The van der Waals surface area contributed by atoms with Crippen LogP contribution in [0.25, 0.3) is 5.69 Å². The van der Waals surface area contributed by atoms with Crippen LogP contribution in [0.4, 0.5) is 0 Å². The number of amides is 1. The summed E-state index contributed by atoms with van der Waals surface area (Å²) in [7, 11) is 1.61. The third-order valence-electron chi connectivity index (χ3n) is 4.04. The number of nitrogens with one attached hydrogen (secondary N) is 1. The monoisotopic (exact) mass is 380 g/mol. The molecule has 0 aliphatic heterocycles. The molecule has 146 valence electrons. The van der Waals surface area contributed by atoms with E-state index in [1.165, 1.54) is 0 Å². The lowest BCUT2D eigenvalue weighted by molar-refractivity contribution is 0.0945. The number of ether oxygens (including phenoxy) is 2. The van der Waals surface area contributed by atoms with Crippen molar-refractivity contribution in [1.29, 1.82) is 0 Å².